The predicted octanol–water partition coefficient (Wildman–Crippen LogP) is 10.4. The van der Waals surface area contributed by atoms with Crippen molar-refractivity contribution in [3.05, 3.63) is 108 Å². The number of rotatable bonds is 21. The van der Waals surface area contributed by atoms with E-state index in [-0.39, 0.29) is 50.6 Å². The number of unbranched alkanes of at least 4 members (excludes halogenated alkanes) is 2. The fraction of sp³-hybridized carbons (Fsp3) is 0.520. The maximum absolute atomic E-state index is 14.6. The quantitative estimate of drug-likeness (QED) is 0.0462. The van der Waals surface area contributed by atoms with Crippen LogP contribution in [-0.2, 0) is 25.7 Å². The first-order valence-electron chi connectivity index (χ1n) is 22.6. The zero-order valence-electron chi connectivity index (χ0n) is 36.3. The summed E-state index contributed by atoms with van der Waals surface area (Å²) in [5.74, 6) is 0.217. The molecule has 0 bridgehead atoms. The summed E-state index contributed by atoms with van der Waals surface area (Å²) < 4.78 is 33.2. The number of nitrogens with zero attached hydrogens (tertiary/aromatic N) is 2. The fourth-order valence-electron chi connectivity index (χ4n) is 9.83. The third kappa shape index (κ3) is 10.5. The van der Waals surface area contributed by atoms with Gasteiger partial charge in [0.2, 0.25) is 12.1 Å². The number of carbonyl (C=O) groups excluding carboxylic acids is 1. The summed E-state index contributed by atoms with van der Waals surface area (Å²) in [5.41, 5.74) is 3.57. The number of aliphatic hydroxyl groups is 2. The molecular weight excluding hydrogens is 805 g/mol. The van der Waals surface area contributed by atoms with E-state index in [1.807, 2.05) is 61.5 Å². The summed E-state index contributed by atoms with van der Waals surface area (Å²) in [6.07, 6.45) is 13.5. The molecule has 12 heteroatoms. The van der Waals surface area contributed by atoms with Crippen LogP contribution in [0.5, 0.6) is 17.2 Å². The van der Waals surface area contributed by atoms with Crippen molar-refractivity contribution < 1.29 is 43.5 Å². The number of thioether (sulfide) groups is 1. The standard InChI is InChI=1S/C50H64N2O9S/c1-4-26-52(49(55)57-34-35-15-7-6-8-16-35)45-33-43(51-61-46-19-11-14-30-56-46)41-31-36(17-9-12-27-53)40(18-10-13-28-54)47-42-32-38(59-37-20-23-39(62-3)24-21-37)22-25-44(42)60-50(45,48(41)47)58-29-5-2/h5-8,15-16,20-25,31-32,36,40,45-48,53-54H,2,4,9-14,17-19,26-30,33-34H2,1,3H3. The highest BCUT2D eigenvalue weighted by Crippen LogP contribution is 2.62. The SMILES string of the molecule is C=CCOC12Oc3ccc(Oc4ccc(SC)cc4)cc3C3C(CCCCO)C(CCCCO)C=C(C(=NOC4CCCCO4)CC1N(CCC)C(=O)OCc1ccccc1)C32. The summed E-state index contributed by atoms with van der Waals surface area (Å²) in [5, 5.41) is 24.9. The average Bonchev–Trinajstić information content (AvgIpc) is 3.31. The third-order valence-electron chi connectivity index (χ3n) is 12.6. The molecule has 7 unspecified atom stereocenters. The van der Waals surface area contributed by atoms with Gasteiger partial charge in [-0.1, -0.05) is 67.4 Å². The number of fused-ring (bicyclic) bond motifs is 2. The highest BCUT2D eigenvalue weighted by atomic mass is 32.2. The minimum atomic E-state index is -1.39. The van der Waals surface area contributed by atoms with Crippen LogP contribution in [0.15, 0.2) is 107 Å². The maximum Gasteiger partial charge on any atom is 0.410 e. The van der Waals surface area contributed by atoms with Gasteiger partial charge in [0.05, 0.1) is 24.8 Å². The lowest BCUT2D eigenvalue weighted by Gasteiger charge is -2.60. The van der Waals surface area contributed by atoms with Crippen LogP contribution in [0.25, 0.3) is 0 Å². The van der Waals surface area contributed by atoms with Gasteiger partial charge in [-0.25, -0.2) is 4.79 Å². The van der Waals surface area contributed by atoms with Crippen molar-refractivity contribution in [2.45, 2.75) is 113 Å². The molecule has 7 atom stereocenters. The molecule has 1 amide bonds. The van der Waals surface area contributed by atoms with Crippen molar-refractivity contribution in [3.8, 4) is 17.2 Å². The second-order valence-corrected chi connectivity index (χ2v) is 17.6. The largest absolute Gasteiger partial charge is 0.459 e. The zero-order chi connectivity index (χ0) is 43.3. The van der Waals surface area contributed by atoms with Crippen LogP contribution in [0.1, 0.15) is 94.6 Å². The van der Waals surface area contributed by atoms with Crippen molar-refractivity contribution in [2.75, 3.05) is 39.2 Å². The van der Waals surface area contributed by atoms with E-state index < -0.39 is 30.1 Å². The minimum absolute atomic E-state index is 0.0757. The zero-order valence-corrected chi connectivity index (χ0v) is 37.1. The van der Waals surface area contributed by atoms with Gasteiger partial charge in [0.25, 0.3) is 0 Å². The summed E-state index contributed by atoms with van der Waals surface area (Å²) >= 11 is 1.68. The molecule has 7 rings (SSSR count). The van der Waals surface area contributed by atoms with Crippen LogP contribution in [0.3, 0.4) is 0 Å². The molecule has 62 heavy (non-hydrogen) atoms. The molecule has 3 aromatic carbocycles. The summed E-state index contributed by atoms with van der Waals surface area (Å²) in [6.45, 7) is 7.61. The fourth-order valence-corrected chi connectivity index (χ4v) is 10.2. The van der Waals surface area contributed by atoms with E-state index in [4.69, 9.17) is 33.7 Å². The van der Waals surface area contributed by atoms with Crippen LogP contribution in [-0.4, -0.2) is 84.3 Å². The van der Waals surface area contributed by atoms with Crippen molar-refractivity contribution in [2.24, 2.45) is 22.9 Å². The number of oxime groups is 1. The molecule has 334 valence electrons. The lowest BCUT2D eigenvalue weighted by Crippen LogP contribution is -2.70. The molecule has 2 heterocycles. The van der Waals surface area contributed by atoms with E-state index in [1.54, 1.807) is 22.7 Å². The van der Waals surface area contributed by atoms with Crippen molar-refractivity contribution in [1.82, 2.24) is 4.90 Å². The highest BCUT2D eigenvalue weighted by molar-refractivity contribution is 7.98. The molecule has 2 N–H and O–H groups in total. The van der Waals surface area contributed by atoms with Gasteiger partial charge in [0, 0.05) is 49.0 Å². The smallest absolute Gasteiger partial charge is 0.410 e. The Hall–Kier alpha value is -4.33. The van der Waals surface area contributed by atoms with E-state index in [2.05, 4.69) is 37.1 Å². The maximum atomic E-state index is 14.6. The molecule has 0 radical (unpaired) electrons. The molecule has 11 nitrogen and oxygen atoms in total. The number of ether oxygens (including phenoxy) is 5. The van der Waals surface area contributed by atoms with Crippen molar-refractivity contribution in [1.29, 1.82) is 0 Å². The van der Waals surface area contributed by atoms with E-state index in [9.17, 15) is 15.0 Å². The number of carbonyl (C=O) groups is 1. The number of allylic oxidation sites excluding steroid dienone is 1. The predicted molar refractivity (Wildman–Crippen MR) is 242 cm³/mol. The van der Waals surface area contributed by atoms with E-state index in [0.717, 1.165) is 78.0 Å². The molecule has 1 saturated heterocycles. The number of hydrogen-bond acceptors (Lipinski definition) is 11. The Morgan fingerprint density at radius 3 is 2.48 bits per heavy atom. The van der Waals surface area contributed by atoms with Gasteiger partial charge >= 0.3 is 6.09 Å². The molecule has 4 aliphatic rings. The monoisotopic (exact) mass is 868 g/mol. The normalized spacial score (nSPS) is 25.7. The Morgan fingerprint density at radius 1 is 1.00 bits per heavy atom. The first-order chi connectivity index (χ1) is 30.4. The molecule has 1 saturated carbocycles. The van der Waals surface area contributed by atoms with E-state index in [1.165, 1.54) is 0 Å². The van der Waals surface area contributed by atoms with Crippen molar-refractivity contribution in [3.63, 3.8) is 0 Å². The van der Waals surface area contributed by atoms with Crippen molar-refractivity contribution >= 4 is 23.6 Å². The van der Waals surface area contributed by atoms with Gasteiger partial charge in [-0.2, -0.15) is 0 Å². The molecule has 2 aliphatic carbocycles. The molecule has 3 aromatic rings. The highest BCUT2D eigenvalue weighted by Gasteiger charge is 2.65. The minimum Gasteiger partial charge on any atom is -0.459 e. The topological polar surface area (TPSA) is 129 Å². The molecular formula is C50H64N2O9S. The van der Waals surface area contributed by atoms with Gasteiger partial charge in [-0.05, 0) is 117 Å². The second-order valence-electron chi connectivity index (χ2n) is 16.7. The summed E-state index contributed by atoms with van der Waals surface area (Å²) in [4.78, 5) is 23.8. The molecule has 2 aliphatic heterocycles. The molecule has 0 spiro atoms. The third-order valence-corrected chi connectivity index (χ3v) is 13.4. The lowest BCUT2D eigenvalue weighted by atomic mass is 9.55. The van der Waals surface area contributed by atoms with Crippen LogP contribution in [0, 0.1) is 17.8 Å². The van der Waals surface area contributed by atoms with Crippen LogP contribution < -0.4 is 9.47 Å². The van der Waals surface area contributed by atoms with Gasteiger partial charge in [-0.3, -0.25) is 4.90 Å². The number of hydrogen-bond donors (Lipinski definition) is 2. The summed E-state index contributed by atoms with van der Waals surface area (Å²) in [6, 6.07) is 23.1. The first-order valence-corrected chi connectivity index (χ1v) is 23.8. The van der Waals surface area contributed by atoms with Gasteiger partial charge in [-0.15, -0.1) is 18.3 Å². The average molecular weight is 869 g/mol. The summed E-state index contributed by atoms with van der Waals surface area (Å²) in [7, 11) is 0. The van der Waals surface area contributed by atoms with Crippen LogP contribution >= 0.6 is 11.8 Å². The van der Waals surface area contributed by atoms with Gasteiger partial charge in [0.15, 0.2) is 0 Å². The Kier molecular flexibility index (Phi) is 16.5. The Morgan fingerprint density at radius 2 is 1.77 bits per heavy atom. The first kappa shape index (κ1) is 45.7. The Bertz CT molecular complexity index is 1970. The Balaban J connectivity index is 1.40. The lowest BCUT2D eigenvalue weighted by molar-refractivity contribution is -0.255. The number of amides is 1. The second kappa shape index (κ2) is 22.3. The number of aliphatic hydroxyl groups excluding tert-OH is 2. The number of benzene rings is 3. The van der Waals surface area contributed by atoms with Gasteiger partial charge in [0.1, 0.15) is 29.9 Å². The van der Waals surface area contributed by atoms with Crippen LogP contribution in [0.2, 0.25) is 0 Å². The molecule has 2 fully saturated rings. The Labute approximate surface area is 371 Å². The van der Waals surface area contributed by atoms with E-state index in [0.29, 0.717) is 43.9 Å². The van der Waals surface area contributed by atoms with Crippen LogP contribution in [0.4, 0.5) is 4.79 Å². The van der Waals surface area contributed by atoms with E-state index >= 15 is 0 Å². The van der Waals surface area contributed by atoms with Gasteiger partial charge < -0.3 is 38.7 Å². The molecule has 0 aromatic heterocycles.